The molecule has 1 unspecified atom stereocenters. The third-order valence-corrected chi connectivity index (χ3v) is 16.2. The van der Waals surface area contributed by atoms with Gasteiger partial charge in [0.25, 0.3) is 0 Å². The van der Waals surface area contributed by atoms with E-state index in [1.165, 1.54) is 16.7 Å². The summed E-state index contributed by atoms with van der Waals surface area (Å²) in [5.41, 5.74) is 5.35. The van der Waals surface area contributed by atoms with Gasteiger partial charge in [0.2, 0.25) is 5.91 Å². The molecule has 3 aromatic heterocycles. The van der Waals surface area contributed by atoms with Crippen LogP contribution in [0, 0.1) is 18.7 Å². The van der Waals surface area contributed by atoms with E-state index in [1.54, 1.807) is 24.1 Å². The molecule has 6 atom stereocenters. The first-order valence-corrected chi connectivity index (χ1v) is 28.3. The highest BCUT2D eigenvalue weighted by molar-refractivity contribution is 6.06. The zero-order valence-corrected chi connectivity index (χ0v) is 47.0. The lowest BCUT2D eigenvalue weighted by Gasteiger charge is -2.29. The van der Waals surface area contributed by atoms with Gasteiger partial charge in [0.15, 0.2) is 12.0 Å². The van der Waals surface area contributed by atoms with E-state index in [4.69, 9.17) is 43.5 Å². The SMILES string of the molecule is COC(=O)[C@@H]1C[C@@H](O)CN1C(=O)[C@H](C(C)C)n1cc(-c2ccc(COc3c(-c4c(C)c(F)cc5c4cnn5C4CCCCO4)c(C4CC4)cc4c(N(C)[C@H]5CCN(C(=O)OC(C)(C)C)C5)nc(OC[C@H]5CCCO5)nc34)cc2)nn1. The van der Waals surface area contributed by atoms with E-state index in [0.717, 1.165) is 78.0 Å². The van der Waals surface area contributed by atoms with Gasteiger partial charge < -0.3 is 48.2 Å². The molecule has 0 spiro atoms. The van der Waals surface area contributed by atoms with E-state index >= 15 is 4.39 Å². The largest absolute Gasteiger partial charge is 0.486 e. The minimum atomic E-state index is -0.899. The van der Waals surface area contributed by atoms with Crippen LogP contribution in [0.25, 0.3) is 44.2 Å². The number of halogens is 1. The maximum Gasteiger partial charge on any atom is 0.410 e. The van der Waals surface area contributed by atoms with E-state index in [9.17, 15) is 19.5 Å². The van der Waals surface area contributed by atoms with Crippen LogP contribution in [0.5, 0.6) is 11.8 Å². The Morgan fingerprint density at radius 2 is 1.73 bits per heavy atom. The molecule has 4 aliphatic heterocycles. The van der Waals surface area contributed by atoms with Crippen LogP contribution in [0.1, 0.15) is 127 Å². The summed E-state index contributed by atoms with van der Waals surface area (Å²) in [6.07, 6.45) is 8.92. The minimum Gasteiger partial charge on any atom is -0.486 e. The molecule has 0 radical (unpaired) electrons. The van der Waals surface area contributed by atoms with Crippen molar-refractivity contribution in [3.8, 4) is 34.1 Å². The van der Waals surface area contributed by atoms with Gasteiger partial charge in [0, 0.05) is 85.9 Å². The van der Waals surface area contributed by atoms with Crippen molar-refractivity contribution in [1.82, 2.24) is 44.5 Å². The second kappa shape index (κ2) is 22.5. The van der Waals surface area contributed by atoms with Crippen molar-refractivity contribution in [2.24, 2.45) is 5.92 Å². The monoisotopic (exact) mass is 1100 g/mol. The third-order valence-electron chi connectivity index (χ3n) is 16.2. The van der Waals surface area contributed by atoms with Crippen molar-refractivity contribution in [3.05, 3.63) is 71.3 Å². The second-order valence-electron chi connectivity index (χ2n) is 23.5. The summed E-state index contributed by atoms with van der Waals surface area (Å²) in [6, 6.07) is 9.74. The Morgan fingerprint density at radius 1 is 0.938 bits per heavy atom. The molecule has 4 saturated heterocycles. The standard InChI is InChI=1S/C59H73FN10O10/c1-33(2)52(55(72)68-29-39(71)24-47(68)56(73)75-8)69-30-45(64-65-69)37-16-14-35(15-17-37)31-78-53-50(49-34(3)44(60)26-46-43(49)27-61-70(46)48-13-9-10-22-77-48)41(36-18-19-36)25-42-51(53)62-57(79-32-40-12-11-23-76-40)63-54(42)66(7)38-20-21-67(28-38)58(74)80-59(4,5)6/h14-17,25-27,30,33,36,38-40,47-48,52,71H,9-13,18-24,28-29,31-32H2,1-8H3/t38-,39+,40+,47-,48?,52-/m0/s1. The maximum atomic E-state index is 16.9. The number of β-amino-alcohol motifs (C(OH)–C–C–N with tert-alkyl or cyclic N) is 1. The average Bonchev–Trinajstić information content (AvgIpc) is 4.03. The van der Waals surface area contributed by atoms with Gasteiger partial charge in [0.1, 0.15) is 53.7 Å². The number of esters is 1. The molecule has 80 heavy (non-hydrogen) atoms. The van der Waals surface area contributed by atoms with E-state index in [0.29, 0.717) is 72.1 Å². The summed E-state index contributed by atoms with van der Waals surface area (Å²) in [5.74, 6) is -0.373. The van der Waals surface area contributed by atoms with Crippen LogP contribution in [0.15, 0.2) is 48.8 Å². The summed E-state index contributed by atoms with van der Waals surface area (Å²) < 4.78 is 56.9. The fraction of sp³-hybridized carbons (Fsp3) is 0.559. The van der Waals surface area contributed by atoms with E-state index < -0.39 is 29.8 Å². The van der Waals surface area contributed by atoms with Gasteiger partial charge >= 0.3 is 18.1 Å². The van der Waals surface area contributed by atoms with Crippen LogP contribution in [-0.2, 0) is 35.1 Å². The fourth-order valence-electron chi connectivity index (χ4n) is 11.8. The number of hydrogen-bond donors (Lipinski definition) is 1. The molecule has 1 N–H and O–H groups in total. The van der Waals surface area contributed by atoms with Gasteiger partial charge in [-0.25, -0.2) is 23.3 Å². The van der Waals surface area contributed by atoms with Gasteiger partial charge in [-0.3, -0.25) is 4.79 Å². The number of ether oxygens (including phenoxy) is 6. The van der Waals surface area contributed by atoms with E-state index in [1.807, 2.05) is 76.8 Å². The number of rotatable bonds is 16. The number of carbonyl (C=O) groups is 3. The minimum absolute atomic E-state index is 0.00841. The zero-order valence-electron chi connectivity index (χ0n) is 47.0. The fourth-order valence-corrected chi connectivity index (χ4v) is 11.8. The zero-order chi connectivity index (χ0) is 56.1. The molecule has 11 rings (SSSR count). The first-order chi connectivity index (χ1) is 38.4. The van der Waals surface area contributed by atoms with Crippen molar-refractivity contribution in [3.63, 3.8) is 0 Å². The summed E-state index contributed by atoms with van der Waals surface area (Å²) in [5, 5.41) is 25.7. The number of hydrogen-bond acceptors (Lipinski definition) is 16. The number of likely N-dealkylation sites (N-methyl/N-ethyl adjacent to an activating group) is 1. The average molecular weight is 1100 g/mol. The van der Waals surface area contributed by atoms with Gasteiger partial charge in [0.05, 0.1) is 37.2 Å². The number of aromatic nitrogens is 7. The van der Waals surface area contributed by atoms with Gasteiger partial charge in [-0.15, -0.1) is 5.10 Å². The highest BCUT2D eigenvalue weighted by Crippen LogP contribution is 2.54. The number of fused-ring (bicyclic) bond motifs is 2. The molecule has 5 aliphatic rings. The summed E-state index contributed by atoms with van der Waals surface area (Å²) in [4.78, 5) is 55.7. The number of carbonyl (C=O) groups excluding carboxylic acids is 3. The smallest absolute Gasteiger partial charge is 0.410 e. The van der Waals surface area contributed by atoms with Crippen LogP contribution in [0.2, 0.25) is 0 Å². The molecule has 3 aromatic carbocycles. The number of methoxy groups -OCH3 is 1. The topological polar surface area (TPSA) is 211 Å². The molecule has 7 heterocycles. The normalized spacial score (nSPS) is 21.9. The second-order valence-corrected chi connectivity index (χ2v) is 23.5. The quantitative estimate of drug-likeness (QED) is 0.0897. The lowest BCUT2D eigenvalue weighted by atomic mass is 9.88. The molecule has 6 aromatic rings. The van der Waals surface area contributed by atoms with Gasteiger partial charge in [-0.2, -0.15) is 15.1 Å². The highest BCUT2D eigenvalue weighted by Gasteiger charge is 2.44. The Balaban J connectivity index is 0.995. The predicted molar refractivity (Wildman–Crippen MR) is 295 cm³/mol. The first-order valence-electron chi connectivity index (χ1n) is 28.3. The third kappa shape index (κ3) is 11.1. The molecule has 1 saturated carbocycles. The van der Waals surface area contributed by atoms with Crippen LogP contribution < -0.4 is 14.4 Å². The number of nitrogens with zero attached hydrogens (tertiary/aromatic N) is 10. The molecule has 426 valence electrons. The Hall–Kier alpha value is -6.97. The summed E-state index contributed by atoms with van der Waals surface area (Å²) in [7, 11) is 3.26. The number of benzene rings is 3. The van der Waals surface area contributed by atoms with Crippen LogP contribution in [-0.4, -0.2) is 151 Å². The number of likely N-dealkylation sites (tertiary alicyclic amines) is 2. The van der Waals surface area contributed by atoms with Gasteiger partial charge in [-0.05, 0) is 114 Å². The molecule has 0 bridgehead atoms. The van der Waals surface area contributed by atoms with Crippen LogP contribution >= 0.6 is 0 Å². The predicted octanol–water partition coefficient (Wildman–Crippen LogP) is 8.84. The molecule has 5 fully saturated rings. The lowest BCUT2D eigenvalue weighted by Crippen LogP contribution is -2.46. The van der Waals surface area contributed by atoms with Crippen molar-refractivity contribution >= 4 is 45.6 Å². The van der Waals surface area contributed by atoms with Crippen molar-refractivity contribution in [2.75, 3.05) is 58.5 Å². The van der Waals surface area contributed by atoms with Crippen LogP contribution in [0.4, 0.5) is 15.0 Å². The Morgan fingerprint density at radius 3 is 2.42 bits per heavy atom. The van der Waals surface area contributed by atoms with E-state index in [-0.39, 0.29) is 80.2 Å². The molecular formula is C59H73FN10O10. The molecular weight excluding hydrogens is 1030 g/mol. The van der Waals surface area contributed by atoms with Crippen molar-refractivity contribution in [2.45, 2.75) is 154 Å². The van der Waals surface area contributed by atoms with Crippen LogP contribution in [0.3, 0.4) is 0 Å². The summed E-state index contributed by atoms with van der Waals surface area (Å²) >= 11 is 0. The Bertz CT molecular complexity index is 3270. The Kier molecular flexibility index (Phi) is 15.5. The highest BCUT2D eigenvalue weighted by atomic mass is 19.1. The number of aliphatic hydroxyl groups is 1. The summed E-state index contributed by atoms with van der Waals surface area (Å²) in [6.45, 7) is 13.7. The van der Waals surface area contributed by atoms with E-state index in [2.05, 4.69) is 21.3 Å². The van der Waals surface area contributed by atoms with Crippen molar-refractivity contribution < 1.29 is 52.3 Å². The van der Waals surface area contributed by atoms with Gasteiger partial charge in [-0.1, -0.05) is 43.3 Å². The molecule has 21 heteroatoms. The first kappa shape index (κ1) is 55.0. The number of anilines is 1. The lowest BCUT2D eigenvalue weighted by molar-refractivity contribution is -0.152. The molecule has 1 aliphatic carbocycles. The maximum absolute atomic E-state index is 16.9. The molecule has 20 nitrogen and oxygen atoms in total. The molecule has 2 amide bonds. The number of aliphatic hydroxyl groups excluding tert-OH is 1. The number of amides is 2. The Labute approximate surface area is 464 Å². The van der Waals surface area contributed by atoms with Crippen molar-refractivity contribution in [1.29, 1.82) is 0 Å².